The van der Waals surface area contributed by atoms with Gasteiger partial charge in [-0.25, -0.2) is 0 Å². The Balaban J connectivity index is 2.41. The summed E-state index contributed by atoms with van der Waals surface area (Å²) in [5.41, 5.74) is 5.71. The number of rotatable bonds is 4. The summed E-state index contributed by atoms with van der Waals surface area (Å²) in [7, 11) is 0. The second kappa shape index (κ2) is 5.93. The lowest BCUT2D eigenvalue weighted by Gasteiger charge is -2.19. The summed E-state index contributed by atoms with van der Waals surface area (Å²) in [4.78, 5) is 8.86. The molecule has 0 fully saturated rings. The molecule has 3 heteroatoms. The maximum absolute atomic E-state index is 4.51. The summed E-state index contributed by atoms with van der Waals surface area (Å²) in [6, 6.07) is 6.72. The molecule has 0 aliphatic rings. The molecule has 2 rings (SSSR count). The van der Waals surface area contributed by atoms with Crippen LogP contribution in [0.25, 0.3) is 0 Å². The van der Waals surface area contributed by atoms with E-state index in [-0.39, 0.29) is 6.04 Å². The summed E-state index contributed by atoms with van der Waals surface area (Å²) in [6.45, 7) is 9.21. The standard InChI is InChI=1S/C16H21N3/c1-5-17-16(15-10-18-13(4)9-19-15)14-7-11(2)6-12(3)8-14/h6-10,16-17H,5H2,1-4H3. The first-order valence-corrected chi connectivity index (χ1v) is 6.70. The van der Waals surface area contributed by atoms with Crippen molar-refractivity contribution in [3.8, 4) is 0 Å². The highest BCUT2D eigenvalue weighted by Crippen LogP contribution is 2.22. The molecular weight excluding hydrogens is 234 g/mol. The van der Waals surface area contributed by atoms with E-state index in [9.17, 15) is 0 Å². The van der Waals surface area contributed by atoms with Gasteiger partial charge in [0.15, 0.2) is 0 Å². The Labute approximate surface area is 115 Å². The molecule has 0 saturated heterocycles. The van der Waals surface area contributed by atoms with Crippen molar-refractivity contribution < 1.29 is 0 Å². The van der Waals surface area contributed by atoms with Gasteiger partial charge in [-0.1, -0.05) is 36.2 Å². The topological polar surface area (TPSA) is 37.8 Å². The van der Waals surface area contributed by atoms with E-state index in [1.165, 1.54) is 16.7 Å². The first-order chi connectivity index (χ1) is 9.10. The predicted octanol–water partition coefficient (Wildman–Crippen LogP) is 3.10. The zero-order valence-corrected chi connectivity index (χ0v) is 12.1. The third-order valence-electron chi connectivity index (χ3n) is 3.08. The van der Waals surface area contributed by atoms with Crippen molar-refractivity contribution in [1.82, 2.24) is 15.3 Å². The molecule has 0 aliphatic heterocycles. The van der Waals surface area contributed by atoms with Gasteiger partial charge in [0.25, 0.3) is 0 Å². The molecule has 2 aromatic rings. The Morgan fingerprint density at radius 3 is 2.21 bits per heavy atom. The minimum atomic E-state index is 0.108. The number of aryl methyl sites for hydroxylation is 3. The van der Waals surface area contributed by atoms with Crippen LogP contribution in [-0.4, -0.2) is 16.5 Å². The van der Waals surface area contributed by atoms with Crippen molar-refractivity contribution in [3.63, 3.8) is 0 Å². The average molecular weight is 255 g/mol. The van der Waals surface area contributed by atoms with Crippen molar-refractivity contribution in [1.29, 1.82) is 0 Å². The van der Waals surface area contributed by atoms with E-state index >= 15 is 0 Å². The molecule has 1 heterocycles. The van der Waals surface area contributed by atoms with Crippen LogP contribution in [0.2, 0.25) is 0 Å². The Hall–Kier alpha value is -1.74. The molecule has 100 valence electrons. The number of benzene rings is 1. The van der Waals surface area contributed by atoms with Crippen LogP contribution in [0, 0.1) is 20.8 Å². The SMILES string of the molecule is CCNC(c1cc(C)cc(C)c1)c1cnc(C)cn1. The fraction of sp³-hybridized carbons (Fsp3) is 0.375. The molecule has 1 aromatic heterocycles. The molecule has 0 radical (unpaired) electrons. The molecule has 0 amide bonds. The van der Waals surface area contributed by atoms with E-state index in [1.54, 1.807) is 0 Å². The molecule has 1 aromatic carbocycles. The molecule has 0 bridgehead atoms. The fourth-order valence-corrected chi connectivity index (χ4v) is 2.33. The number of nitrogens with one attached hydrogen (secondary N) is 1. The van der Waals surface area contributed by atoms with Gasteiger partial charge in [-0.2, -0.15) is 0 Å². The zero-order valence-electron chi connectivity index (χ0n) is 12.1. The second-order valence-electron chi connectivity index (χ2n) is 4.99. The largest absolute Gasteiger partial charge is 0.305 e. The van der Waals surface area contributed by atoms with Crippen LogP contribution in [-0.2, 0) is 0 Å². The molecular formula is C16H21N3. The van der Waals surface area contributed by atoms with Crippen LogP contribution < -0.4 is 5.32 Å². The zero-order chi connectivity index (χ0) is 13.8. The van der Waals surface area contributed by atoms with E-state index in [0.29, 0.717) is 0 Å². The number of aromatic nitrogens is 2. The molecule has 1 unspecified atom stereocenters. The lowest BCUT2D eigenvalue weighted by molar-refractivity contribution is 0.611. The maximum Gasteiger partial charge on any atom is 0.0801 e. The minimum Gasteiger partial charge on any atom is -0.305 e. The van der Waals surface area contributed by atoms with E-state index < -0.39 is 0 Å². The highest BCUT2D eigenvalue weighted by molar-refractivity contribution is 5.34. The minimum absolute atomic E-state index is 0.108. The van der Waals surface area contributed by atoms with Crippen molar-refractivity contribution in [2.75, 3.05) is 6.54 Å². The van der Waals surface area contributed by atoms with Gasteiger partial charge in [0.05, 0.1) is 23.6 Å². The van der Waals surface area contributed by atoms with Crippen LogP contribution in [0.3, 0.4) is 0 Å². The molecule has 3 nitrogen and oxygen atoms in total. The number of hydrogen-bond donors (Lipinski definition) is 1. The molecule has 0 aliphatic carbocycles. The molecule has 1 N–H and O–H groups in total. The van der Waals surface area contributed by atoms with Crippen molar-refractivity contribution >= 4 is 0 Å². The monoisotopic (exact) mass is 255 g/mol. The first-order valence-electron chi connectivity index (χ1n) is 6.70. The summed E-state index contributed by atoms with van der Waals surface area (Å²) < 4.78 is 0. The lowest BCUT2D eigenvalue weighted by Crippen LogP contribution is -2.23. The fourth-order valence-electron chi connectivity index (χ4n) is 2.33. The van der Waals surface area contributed by atoms with Crippen molar-refractivity contribution in [3.05, 3.63) is 58.7 Å². The summed E-state index contributed by atoms with van der Waals surface area (Å²) >= 11 is 0. The highest BCUT2D eigenvalue weighted by atomic mass is 14.9. The molecule has 1 atom stereocenters. The Morgan fingerprint density at radius 1 is 1.00 bits per heavy atom. The van der Waals surface area contributed by atoms with Gasteiger partial charge in [-0.05, 0) is 32.9 Å². The molecule has 0 saturated carbocycles. The smallest absolute Gasteiger partial charge is 0.0801 e. The highest BCUT2D eigenvalue weighted by Gasteiger charge is 2.15. The van der Waals surface area contributed by atoms with E-state index in [4.69, 9.17) is 0 Å². The number of nitrogens with zero attached hydrogens (tertiary/aromatic N) is 2. The van der Waals surface area contributed by atoms with Crippen molar-refractivity contribution in [2.45, 2.75) is 33.7 Å². The van der Waals surface area contributed by atoms with Gasteiger partial charge in [0, 0.05) is 6.20 Å². The van der Waals surface area contributed by atoms with E-state index in [0.717, 1.165) is 17.9 Å². The maximum atomic E-state index is 4.51. The van der Waals surface area contributed by atoms with Crippen LogP contribution in [0.1, 0.15) is 41.0 Å². The van der Waals surface area contributed by atoms with Crippen molar-refractivity contribution in [2.24, 2.45) is 0 Å². The van der Waals surface area contributed by atoms with Crippen LogP contribution in [0.5, 0.6) is 0 Å². The van der Waals surface area contributed by atoms with E-state index in [1.807, 2.05) is 19.3 Å². The second-order valence-corrected chi connectivity index (χ2v) is 4.99. The normalized spacial score (nSPS) is 12.4. The summed E-state index contributed by atoms with van der Waals surface area (Å²) in [5.74, 6) is 0. The van der Waals surface area contributed by atoms with Crippen LogP contribution in [0.4, 0.5) is 0 Å². The molecule has 19 heavy (non-hydrogen) atoms. The van der Waals surface area contributed by atoms with Crippen LogP contribution >= 0.6 is 0 Å². The van der Waals surface area contributed by atoms with Gasteiger partial charge >= 0.3 is 0 Å². The quantitative estimate of drug-likeness (QED) is 0.912. The third kappa shape index (κ3) is 3.38. The Bertz CT molecular complexity index is 526. The lowest BCUT2D eigenvalue weighted by atomic mass is 9.99. The van der Waals surface area contributed by atoms with Gasteiger partial charge in [0.2, 0.25) is 0 Å². The van der Waals surface area contributed by atoms with Gasteiger partial charge in [-0.3, -0.25) is 9.97 Å². The first kappa shape index (κ1) is 13.7. The predicted molar refractivity (Wildman–Crippen MR) is 78.2 cm³/mol. The third-order valence-corrected chi connectivity index (χ3v) is 3.08. The Morgan fingerprint density at radius 2 is 1.68 bits per heavy atom. The van der Waals surface area contributed by atoms with Gasteiger partial charge < -0.3 is 5.32 Å². The summed E-state index contributed by atoms with van der Waals surface area (Å²) in [6.07, 6.45) is 3.68. The molecule has 0 spiro atoms. The summed E-state index contributed by atoms with van der Waals surface area (Å²) in [5, 5.41) is 3.49. The van der Waals surface area contributed by atoms with Gasteiger partial charge in [0.1, 0.15) is 0 Å². The number of hydrogen-bond acceptors (Lipinski definition) is 3. The average Bonchev–Trinajstić information content (AvgIpc) is 2.36. The van der Waals surface area contributed by atoms with Gasteiger partial charge in [-0.15, -0.1) is 0 Å². The van der Waals surface area contributed by atoms with Crippen LogP contribution in [0.15, 0.2) is 30.6 Å². The van der Waals surface area contributed by atoms with E-state index in [2.05, 4.69) is 54.3 Å². The Kier molecular flexibility index (Phi) is 4.27.